The predicted octanol–water partition coefficient (Wildman–Crippen LogP) is 4.46. The molecule has 346 valence electrons. The van der Waals surface area contributed by atoms with Crippen LogP contribution in [0.15, 0.2) is 58.8 Å². The number of aromatic hydroxyl groups is 2. The molecule has 5 N–H and O–H groups in total. The van der Waals surface area contributed by atoms with Crippen molar-refractivity contribution in [3.63, 3.8) is 0 Å². The SMILES string of the molecule is C=CCOC(=O)N1CCC2(CC1)CN=c1c3c(O)c4c(O)c(C)c5c(c4c1=N2)C(=O)[C@@](C)(O/C=C\[C@H](OC)C(C)[C@H](OC(C)=O)[C@H](C)[C@H](O)[C@H](C)[C@@H](O)[C@@H](C)/C=C\C=C(/C)C(=O)N3)O5. The Labute approximate surface area is 371 Å². The highest BCUT2D eigenvalue weighted by molar-refractivity contribution is 6.19. The normalized spacial score (nSPS) is 31.3. The molecule has 64 heavy (non-hydrogen) atoms. The number of aliphatic hydroxyl groups is 2. The highest BCUT2D eigenvalue weighted by Crippen LogP contribution is 2.49. The van der Waals surface area contributed by atoms with Gasteiger partial charge < -0.3 is 54.3 Å². The molecular formula is C47H60N4O13. The second kappa shape index (κ2) is 18.7. The van der Waals surface area contributed by atoms with Crippen molar-refractivity contribution in [2.45, 2.75) is 104 Å². The van der Waals surface area contributed by atoms with Gasteiger partial charge in [0, 0.05) is 74.2 Å². The fraction of sp³-hybridized carbons (Fsp3) is 0.532. The first-order valence-electron chi connectivity index (χ1n) is 21.5. The largest absolute Gasteiger partial charge is 0.507 e. The summed E-state index contributed by atoms with van der Waals surface area (Å²) in [7, 11) is 1.45. The highest BCUT2D eigenvalue weighted by Gasteiger charge is 2.50. The summed E-state index contributed by atoms with van der Waals surface area (Å²) in [6.45, 7) is 17.0. The van der Waals surface area contributed by atoms with Crippen molar-refractivity contribution in [3.05, 3.63) is 70.6 Å². The fourth-order valence-corrected chi connectivity index (χ4v) is 9.07. The number of nitrogens with one attached hydrogen (secondary N) is 1. The number of rotatable bonds is 4. The topological polar surface area (TPSA) is 235 Å². The second-order valence-electron chi connectivity index (χ2n) is 17.6. The average molecular weight is 889 g/mol. The van der Waals surface area contributed by atoms with E-state index in [1.165, 1.54) is 52.4 Å². The molecule has 0 aliphatic carbocycles. The Morgan fingerprint density at radius 1 is 1.00 bits per heavy atom. The monoisotopic (exact) mass is 888 g/mol. The standard InChI is InChI=1S/C47H60N4O13/c1-11-20-61-45(59)51-18-16-47(17-19-51)22-48-35-34(50-47)31-32-39(55)28(7)42-33(31)43(57)46(9,64-42)62-21-15-30(60-10)25(4)41(63-29(8)52)27(6)38(54)26(5)37(53)23(2)13-12-14-24(3)44(58)49-36(35)40(32)56/h11-15,21,23,25-27,30,37-38,41,53-56H,1,16-20,22H2,2-10H3,(H,49,58)/b13-12-,21-15-,24-14+/t23-,25?,26+,27+,30-,37-,38+,41-,46-/m0/s1. The lowest BCUT2D eigenvalue weighted by Crippen LogP contribution is -2.51. The Bertz CT molecular complexity index is 2440. The number of allylic oxidation sites excluding steroid dienone is 2. The van der Waals surface area contributed by atoms with Crippen molar-refractivity contribution >= 4 is 40.2 Å². The number of phenolic OH excluding ortho intramolecular Hbond substituents is 2. The summed E-state index contributed by atoms with van der Waals surface area (Å²) in [6, 6.07) is 0. The van der Waals surface area contributed by atoms with E-state index in [0.29, 0.717) is 12.8 Å². The summed E-state index contributed by atoms with van der Waals surface area (Å²) in [4.78, 5) is 65.5. The Kier molecular flexibility index (Phi) is 14.0. The van der Waals surface area contributed by atoms with Gasteiger partial charge >= 0.3 is 17.8 Å². The molecule has 4 bridgehead atoms. The lowest BCUT2D eigenvalue weighted by molar-refractivity contribution is -0.160. The van der Waals surface area contributed by atoms with Crippen LogP contribution in [0.25, 0.3) is 10.8 Å². The lowest BCUT2D eigenvalue weighted by Gasteiger charge is -2.38. The van der Waals surface area contributed by atoms with Crippen LogP contribution >= 0.6 is 0 Å². The molecule has 17 heteroatoms. The van der Waals surface area contributed by atoms with Gasteiger partial charge in [-0.3, -0.25) is 24.4 Å². The third-order valence-electron chi connectivity index (χ3n) is 13.1. The molecule has 4 aliphatic rings. The number of likely N-dealkylation sites (tertiary alicyclic amines) is 1. The molecule has 1 unspecified atom stereocenters. The maximum atomic E-state index is 14.8. The molecule has 1 fully saturated rings. The number of carbonyl (C=O) groups excluding carboxylic acids is 4. The highest BCUT2D eigenvalue weighted by atomic mass is 16.7. The van der Waals surface area contributed by atoms with Crippen LogP contribution in [0.2, 0.25) is 0 Å². The summed E-state index contributed by atoms with van der Waals surface area (Å²) in [5.41, 5.74) is -0.754. The third-order valence-corrected chi connectivity index (χ3v) is 13.1. The third kappa shape index (κ3) is 8.84. The van der Waals surface area contributed by atoms with Crippen LogP contribution in [0.5, 0.6) is 17.2 Å². The molecule has 0 saturated carbocycles. The molecule has 0 radical (unpaired) electrons. The number of methoxy groups -OCH3 is 1. The first kappa shape index (κ1) is 47.7. The zero-order chi connectivity index (χ0) is 47.0. The number of esters is 1. The van der Waals surface area contributed by atoms with Crippen molar-refractivity contribution in [2.24, 2.45) is 33.7 Å². The number of aliphatic hydroxyl groups excluding tert-OH is 2. The van der Waals surface area contributed by atoms with Gasteiger partial charge in [-0.15, -0.1) is 0 Å². The first-order valence-corrected chi connectivity index (χ1v) is 21.5. The summed E-state index contributed by atoms with van der Waals surface area (Å²) >= 11 is 0. The number of carbonyl (C=O) groups is 4. The van der Waals surface area contributed by atoms with Gasteiger partial charge in [0.05, 0.1) is 53.0 Å². The van der Waals surface area contributed by atoms with Crippen molar-refractivity contribution in [3.8, 4) is 17.2 Å². The van der Waals surface area contributed by atoms with Gasteiger partial charge in [-0.25, -0.2) is 4.79 Å². The smallest absolute Gasteiger partial charge is 0.410 e. The number of ketones is 1. The van der Waals surface area contributed by atoms with Crippen LogP contribution in [0.1, 0.15) is 77.2 Å². The molecule has 9 atom stereocenters. The van der Waals surface area contributed by atoms with Crippen LogP contribution in [0.4, 0.5) is 10.5 Å². The number of fused-ring (bicyclic) bond motifs is 1. The van der Waals surface area contributed by atoms with E-state index >= 15 is 0 Å². The number of amides is 2. The first-order chi connectivity index (χ1) is 30.2. The molecule has 4 heterocycles. The van der Waals surface area contributed by atoms with Crippen molar-refractivity contribution in [1.82, 2.24) is 4.90 Å². The van der Waals surface area contributed by atoms with Gasteiger partial charge in [0.25, 0.3) is 11.7 Å². The van der Waals surface area contributed by atoms with Crippen molar-refractivity contribution in [2.75, 3.05) is 38.7 Å². The lowest BCUT2D eigenvalue weighted by atomic mass is 9.78. The number of piperidine rings is 1. The van der Waals surface area contributed by atoms with E-state index in [2.05, 4.69) is 11.9 Å². The Hall–Kier alpha value is -5.78. The molecule has 0 aromatic heterocycles. The summed E-state index contributed by atoms with van der Waals surface area (Å²) in [5, 5.41) is 49.8. The van der Waals surface area contributed by atoms with E-state index in [-0.39, 0.29) is 75.9 Å². The molecule has 17 nitrogen and oxygen atoms in total. The molecule has 2 amide bonds. The molecular weight excluding hydrogens is 829 g/mol. The number of hydrogen-bond acceptors (Lipinski definition) is 15. The van der Waals surface area contributed by atoms with Gasteiger partial charge in [-0.05, 0) is 32.8 Å². The Morgan fingerprint density at radius 3 is 2.33 bits per heavy atom. The van der Waals surface area contributed by atoms with Gasteiger partial charge in [0.15, 0.2) is 5.75 Å². The quantitative estimate of drug-likeness (QED) is 0.162. The van der Waals surface area contributed by atoms with Gasteiger partial charge in [0.2, 0.25) is 0 Å². The number of anilines is 1. The van der Waals surface area contributed by atoms with E-state index < -0.39 is 94.7 Å². The van der Waals surface area contributed by atoms with Crippen LogP contribution in [0, 0.1) is 30.6 Å². The number of phenols is 2. The van der Waals surface area contributed by atoms with Gasteiger partial charge in [0.1, 0.15) is 35.3 Å². The van der Waals surface area contributed by atoms with Crippen molar-refractivity contribution < 1.29 is 63.3 Å². The van der Waals surface area contributed by atoms with E-state index in [1.54, 1.807) is 51.7 Å². The van der Waals surface area contributed by atoms with E-state index in [4.69, 9.17) is 33.7 Å². The number of ether oxygens (including phenoxy) is 5. The maximum absolute atomic E-state index is 14.8. The summed E-state index contributed by atoms with van der Waals surface area (Å²) < 4.78 is 29.2. The Morgan fingerprint density at radius 2 is 1.69 bits per heavy atom. The van der Waals surface area contributed by atoms with Crippen molar-refractivity contribution in [1.29, 1.82) is 0 Å². The zero-order valence-electron chi connectivity index (χ0n) is 37.8. The molecule has 1 saturated heterocycles. The number of benzene rings is 2. The Balaban J connectivity index is 1.54. The van der Waals surface area contributed by atoms with Crippen LogP contribution in [-0.4, -0.2) is 118 Å². The maximum Gasteiger partial charge on any atom is 0.410 e. The second-order valence-corrected chi connectivity index (χ2v) is 17.6. The molecule has 4 aliphatic heterocycles. The minimum Gasteiger partial charge on any atom is -0.507 e. The van der Waals surface area contributed by atoms with Gasteiger partial charge in [-0.1, -0.05) is 58.6 Å². The number of Topliss-reactive ketones (excluding diaryl/α,β-unsaturated/α-hetero) is 1. The molecule has 2 aromatic rings. The van der Waals surface area contributed by atoms with E-state index in [0.717, 1.165) is 0 Å². The molecule has 2 aromatic carbocycles. The molecule has 6 rings (SSSR count). The van der Waals surface area contributed by atoms with Crippen LogP contribution in [-0.2, 0) is 28.5 Å². The van der Waals surface area contributed by atoms with E-state index in [9.17, 15) is 39.6 Å². The van der Waals surface area contributed by atoms with E-state index in [1.807, 2.05) is 0 Å². The predicted molar refractivity (Wildman–Crippen MR) is 234 cm³/mol. The zero-order valence-corrected chi connectivity index (χ0v) is 37.8. The fourth-order valence-electron chi connectivity index (χ4n) is 9.07. The van der Waals surface area contributed by atoms with Crippen LogP contribution in [0.3, 0.4) is 0 Å². The minimum atomic E-state index is -2.02. The molecule has 1 spiro atoms. The number of hydrogen-bond donors (Lipinski definition) is 5. The van der Waals surface area contributed by atoms with Crippen LogP contribution < -0.4 is 20.8 Å². The van der Waals surface area contributed by atoms with Gasteiger partial charge in [-0.2, -0.15) is 0 Å². The number of nitrogens with zero attached hydrogens (tertiary/aromatic N) is 3. The summed E-state index contributed by atoms with van der Waals surface area (Å²) in [5.74, 6) is -7.41. The average Bonchev–Trinajstić information content (AvgIpc) is 3.53. The minimum absolute atomic E-state index is 0.0186. The summed E-state index contributed by atoms with van der Waals surface area (Å²) in [6.07, 6.45) is 5.37.